The summed E-state index contributed by atoms with van der Waals surface area (Å²) in [4.78, 5) is 31.0. The van der Waals surface area contributed by atoms with Gasteiger partial charge in [-0.2, -0.15) is 5.26 Å². The van der Waals surface area contributed by atoms with E-state index in [1.54, 1.807) is 23.1 Å². The van der Waals surface area contributed by atoms with Gasteiger partial charge in [-0.15, -0.1) is 0 Å². The topological polar surface area (TPSA) is 133 Å². The molecule has 0 aliphatic carbocycles. The molecule has 41 heavy (non-hydrogen) atoms. The predicted octanol–water partition coefficient (Wildman–Crippen LogP) is 3.90. The van der Waals surface area contributed by atoms with Crippen molar-refractivity contribution in [1.82, 2.24) is 14.9 Å². The van der Waals surface area contributed by atoms with Crippen LogP contribution in [0.2, 0.25) is 5.02 Å². The summed E-state index contributed by atoms with van der Waals surface area (Å²) in [5, 5.41) is 25.4. The van der Waals surface area contributed by atoms with Gasteiger partial charge in [-0.25, -0.2) is 13.8 Å². The number of hydrogen-bond acceptors (Lipinski definition) is 8. The molecule has 0 saturated carbocycles. The highest BCUT2D eigenvalue weighted by atomic mass is 35.5. The van der Waals surface area contributed by atoms with Gasteiger partial charge in [-0.05, 0) is 36.8 Å². The first kappa shape index (κ1) is 30.0. The van der Waals surface area contributed by atoms with Gasteiger partial charge in [-0.3, -0.25) is 9.59 Å². The zero-order valence-electron chi connectivity index (χ0n) is 22.9. The van der Waals surface area contributed by atoms with Crippen LogP contribution in [0.15, 0.2) is 35.1 Å². The number of aryl methyl sites for hydroxylation is 1. The highest BCUT2D eigenvalue weighted by Gasteiger charge is 2.47. The molecule has 10 nitrogen and oxygen atoms in total. The maximum atomic E-state index is 14.5. The molecular formula is C28H31ClF2N6O4. The van der Waals surface area contributed by atoms with Crippen LogP contribution in [0, 0.1) is 23.2 Å². The number of aliphatic hydroxyl groups is 1. The van der Waals surface area contributed by atoms with Crippen LogP contribution < -0.4 is 25.8 Å². The molecule has 1 amide bonds. The number of nitrogens with zero attached hydrogens (tertiary/aromatic N) is 4. The molecule has 13 heteroatoms. The van der Waals surface area contributed by atoms with Crippen LogP contribution in [0.1, 0.15) is 25.8 Å². The van der Waals surface area contributed by atoms with Crippen LogP contribution >= 0.6 is 11.6 Å². The summed E-state index contributed by atoms with van der Waals surface area (Å²) in [5.41, 5.74) is 0.860. The summed E-state index contributed by atoms with van der Waals surface area (Å²) < 4.78 is 35.9. The average Bonchev–Trinajstić information content (AvgIpc) is 2.95. The highest BCUT2D eigenvalue weighted by molar-refractivity contribution is 6.33. The summed E-state index contributed by atoms with van der Waals surface area (Å²) in [6, 6.07) is 10.2. The van der Waals surface area contributed by atoms with E-state index in [1.165, 1.54) is 37.6 Å². The van der Waals surface area contributed by atoms with E-state index in [2.05, 4.69) is 21.7 Å². The molecule has 1 saturated heterocycles. The van der Waals surface area contributed by atoms with Crippen molar-refractivity contribution in [1.29, 1.82) is 5.26 Å². The van der Waals surface area contributed by atoms with Crippen molar-refractivity contribution in [2.24, 2.45) is 11.8 Å². The number of carbonyl (C=O) groups excluding carboxylic acids is 1. The maximum absolute atomic E-state index is 14.5. The Labute approximate surface area is 240 Å². The van der Waals surface area contributed by atoms with Gasteiger partial charge in [-0.1, -0.05) is 25.4 Å². The Hall–Kier alpha value is -3.95. The number of nitrogens with one attached hydrogen (secondary N) is 2. The lowest BCUT2D eigenvalue weighted by atomic mass is 9.87. The van der Waals surface area contributed by atoms with Gasteiger partial charge in [0, 0.05) is 56.2 Å². The van der Waals surface area contributed by atoms with Crippen molar-refractivity contribution in [2.45, 2.75) is 32.7 Å². The number of halogens is 3. The number of aromatic nitrogens is 2. The summed E-state index contributed by atoms with van der Waals surface area (Å²) in [6.45, 7) is 2.78. The van der Waals surface area contributed by atoms with Crippen molar-refractivity contribution < 1.29 is 23.4 Å². The number of pyridine rings is 2. The molecule has 0 spiro atoms. The molecule has 1 aliphatic heterocycles. The quantitative estimate of drug-likeness (QED) is 0.343. The van der Waals surface area contributed by atoms with E-state index in [-0.39, 0.29) is 60.8 Å². The molecule has 1 aliphatic rings. The number of alkyl halides is 2. The van der Waals surface area contributed by atoms with Crippen molar-refractivity contribution in [2.75, 3.05) is 43.6 Å². The summed E-state index contributed by atoms with van der Waals surface area (Å²) in [7, 11) is 1.46. The monoisotopic (exact) mass is 588 g/mol. The second-order valence-corrected chi connectivity index (χ2v) is 10.5. The van der Waals surface area contributed by atoms with Crippen molar-refractivity contribution >= 4 is 45.7 Å². The lowest BCUT2D eigenvalue weighted by Crippen LogP contribution is -2.52. The van der Waals surface area contributed by atoms with Gasteiger partial charge < -0.3 is 29.9 Å². The summed E-state index contributed by atoms with van der Waals surface area (Å²) >= 11 is 6.46. The standard InChI is InChI=1S/C28H31ClF2N6O4/c1-16-13-36(14-17(2)28(16,30)31)26-19(12-32)10-21(29)25(35-26)34-20-5-6-22-18(9-20)11-23(41-15-24(39)33-3)27(40)37(22)7-4-8-38/h5-6,9-11,16-17,38H,4,7-8,13-15H2,1-3H3,(H,33,39)(H,34,35)/t16-,17+. The van der Waals surface area contributed by atoms with Crippen LogP contribution in [0.5, 0.6) is 5.75 Å². The van der Waals surface area contributed by atoms with E-state index < -0.39 is 29.2 Å². The number of aliphatic hydroxyl groups excluding tert-OH is 1. The minimum atomic E-state index is -2.83. The van der Waals surface area contributed by atoms with Gasteiger partial charge in [0.15, 0.2) is 18.2 Å². The first-order valence-corrected chi connectivity index (χ1v) is 13.5. The van der Waals surface area contributed by atoms with Crippen LogP contribution in [-0.2, 0) is 11.3 Å². The number of benzene rings is 1. The molecule has 3 N–H and O–H groups in total. The molecule has 0 unspecified atom stereocenters. The van der Waals surface area contributed by atoms with Gasteiger partial charge in [0.2, 0.25) is 0 Å². The van der Waals surface area contributed by atoms with Gasteiger partial charge in [0.1, 0.15) is 11.9 Å². The lowest BCUT2D eigenvalue weighted by Gasteiger charge is -2.42. The molecule has 3 aromatic rings. The largest absolute Gasteiger partial charge is 0.478 e. The van der Waals surface area contributed by atoms with E-state index >= 15 is 0 Å². The van der Waals surface area contributed by atoms with E-state index in [0.717, 1.165) is 0 Å². The smallest absolute Gasteiger partial charge is 0.293 e. The number of rotatable bonds is 9. The number of anilines is 3. The third kappa shape index (κ3) is 6.21. The Kier molecular flexibility index (Phi) is 8.99. The van der Waals surface area contributed by atoms with Gasteiger partial charge >= 0.3 is 0 Å². The number of ether oxygens (including phenoxy) is 1. The second kappa shape index (κ2) is 12.3. The van der Waals surface area contributed by atoms with Crippen LogP contribution in [0.3, 0.4) is 0 Å². The van der Waals surface area contributed by atoms with Crippen LogP contribution in [-0.4, -0.2) is 59.8 Å². The summed E-state index contributed by atoms with van der Waals surface area (Å²) in [5.74, 6) is -4.65. The van der Waals surface area contributed by atoms with Crippen LogP contribution in [0.25, 0.3) is 10.9 Å². The number of hydrogen-bond donors (Lipinski definition) is 3. The van der Waals surface area contributed by atoms with E-state index in [0.29, 0.717) is 23.0 Å². The molecule has 4 rings (SSSR count). The SMILES string of the molecule is CNC(=O)COc1cc2cc(Nc3nc(N4C[C@@H](C)C(F)(F)[C@@H](C)C4)c(C#N)cc3Cl)ccc2n(CCCO)c1=O. The maximum Gasteiger partial charge on any atom is 0.293 e. The Morgan fingerprint density at radius 1 is 1.27 bits per heavy atom. The minimum Gasteiger partial charge on any atom is -0.478 e. The average molecular weight is 589 g/mol. The number of nitriles is 1. The molecule has 218 valence electrons. The minimum absolute atomic E-state index is 0.0280. The lowest BCUT2D eigenvalue weighted by molar-refractivity contribution is -0.122. The van der Waals surface area contributed by atoms with Gasteiger partial charge in [0.25, 0.3) is 17.4 Å². The fraction of sp³-hybridized carbons (Fsp3) is 0.429. The highest BCUT2D eigenvalue weighted by Crippen LogP contribution is 2.40. The van der Waals surface area contributed by atoms with Crippen molar-refractivity contribution in [3.63, 3.8) is 0 Å². The molecule has 2 aromatic heterocycles. The second-order valence-electron chi connectivity index (χ2n) is 10.1. The Morgan fingerprint density at radius 3 is 2.61 bits per heavy atom. The number of carbonyl (C=O) groups is 1. The Balaban J connectivity index is 1.71. The Morgan fingerprint density at radius 2 is 1.98 bits per heavy atom. The van der Waals surface area contributed by atoms with E-state index in [1.807, 2.05) is 0 Å². The van der Waals surface area contributed by atoms with Crippen molar-refractivity contribution in [3.8, 4) is 11.8 Å². The number of likely N-dealkylation sites (N-methyl/N-ethyl adjacent to an activating group) is 1. The zero-order valence-corrected chi connectivity index (χ0v) is 23.6. The zero-order chi connectivity index (χ0) is 29.9. The Bertz CT molecular complexity index is 1540. The molecule has 2 atom stereocenters. The van der Waals surface area contributed by atoms with Crippen LogP contribution in [0.4, 0.5) is 26.1 Å². The molecule has 0 radical (unpaired) electrons. The third-order valence-corrected chi connectivity index (χ3v) is 7.47. The first-order valence-electron chi connectivity index (χ1n) is 13.1. The fourth-order valence-corrected chi connectivity index (χ4v) is 5.07. The molecule has 0 bridgehead atoms. The van der Waals surface area contributed by atoms with Crippen molar-refractivity contribution in [3.05, 3.63) is 51.3 Å². The summed E-state index contributed by atoms with van der Waals surface area (Å²) in [6.07, 6.45) is 0.334. The van der Waals surface area contributed by atoms with E-state index in [4.69, 9.17) is 16.3 Å². The third-order valence-electron chi connectivity index (χ3n) is 7.18. The number of fused-ring (bicyclic) bond motifs is 1. The molecule has 3 heterocycles. The molecular weight excluding hydrogens is 558 g/mol. The van der Waals surface area contributed by atoms with E-state index in [9.17, 15) is 28.7 Å². The molecule has 1 aromatic carbocycles. The predicted molar refractivity (Wildman–Crippen MR) is 152 cm³/mol. The first-order chi connectivity index (χ1) is 19.5. The molecule has 1 fully saturated rings. The number of piperidine rings is 1. The fourth-order valence-electron chi connectivity index (χ4n) is 4.87. The van der Waals surface area contributed by atoms with Gasteiger partial charge in [0.05, 0.1) is 16.1 Å². The number of amides is 1. The normalized spacial score (nSPS) is 18.1.